The Kier molecular flexibility index (Phi) is 4.45. The van der Waals surface area contributed by atoms with Crippen LogP contribution in [0.3, 0.4) is 0 Å². The second-order valence-corrected chi connectivity index (χ2v) is 5.98. The first-order valence-electron chi connectivity index (χ1n) is 7.33. The fraction of sp³-hybridized carbons (Fsp3) is 0.857. The molecule has 2 rings (SSSR count). The van der Waals surface area contributed by atoms with Crippen LogP contribution in [0.25, 0.3) is 0 Å². The molecule has 2 saturated carbocycles. The number of hydrogen-bond acceptors (Lipinski definition) is 3. The first-order valence-corrected chi connectivity index (χ1v) is 7.33. The Morgan fingerprint density at radius 2 is 2.05 bits per heavy atom. The number of nitrogens with two attached hydrogens (primary N) is 1. The number of rotatable bonds is 6. The zero-order valence-corrected chi connectivity index (χ0v) is 11.5. The van der Waals surface area contributed by atoms with Crippen LogP contribution in [0, 0.1) is 17.8 Å². The number of carboxylic acids is 1. The molecule has 0 spiro atoms. The van der Waals surface area contributed by atoms with Crippen molar-refractivity contribution in [3.8, 4) is 0 Å². The Bertz CT molecular complexity index is 359. The fourth-order valence-corrected chi connectivity index (χ4v) is 3.68. The van der Waals surface area contributed by atoms with E-state index in [9.17, 15) is 14.7 Å². The van der Waals surface area contributed by atoms with Gasteiger partial charge in [0.15, 0.2) is 0 Å². The van der Waals surface area contributed by atoms with Gasteiger partial charge in [0.2, 0.25) is 5.91 Å². The maximum Gasteiger partial charge on any atom is 0.308 e. The van der Waals surface area contributed by atoms with E-state index in [0.29, 0.717) is 12.3 Å². The average Bonchev–Trinajstić information content (AvgIpc) is 2.96. The van der Waals surface area contributed by atoms with E-state index in [1.165, 1.54) is 0 Å². The lowest BCUT2D eigenvalue weighted by molar-refractivity contribution is -0.144. The fourth-order valence-electron chi connectivity index (χ4n) is 3.68. The molecule has 2 aliphatic carbocycles. The Balaban J connectivity index is 1.94. The molecule has 5 nitrogen and oxygen atoms in total. The van der Waals surface area contributed by atoms with Crippen LogP contribution in [-0.2, 0) is 9.59 Å². The van der Waals surface area contributed by atoms with E-state index in [1.54, 1.807) is 0 Å². The van der Waals surface area contributed by atoms with Gasteiger partial charge in [-0.2, -0.15) is 0 Å². The van der Waals surface area contributed by atoms with E-state index < -0.39 is 17.9 Å². The summed E-state index contributed by atoms with van der Waals surface area (Å²) in [6.45, 7) is 2.06. The zero-order valence-electron chi connectivity index (χ0n) is 11.5. The number of unbranched alkanes of at least 4 members (excludes halogenated alkanes) is 1. The summed E-state index contributed by atoms with van der Waals surface area (Å²) in [5, 5.41) is 12.2. The van der Waals surface area contributed by atoms with E-state index in [4.69, 9.17) is 5.73 Å². The second-order valence-electron chi connectivity index (χ2n) is 5.98. The maximum atomic E-state index is 12.0. The van der Waals surface area contributed by atoms with Gasteiger partial charge in [-0.25, -0.2) is 0 Å². The molecule has 0 aromatic carbocycles. The van der Waals surface area contributed by atoms with Gasteiger partial charge in [0, 0.05) is 6.04 Å². The van der Waals surface area contributed by atoms with Crippen molar-refractivity contribution in [1.82, 2.24) is 5.32 Å². The molecule has 1 amide bonds. The lowest BCUT2D eigenvalue weighted by atomic mass is 9.84. The summed E-state index contributed by atoms with van der Waals surface area (Å²) in [6.07, 6.45) is 5.55. The van der Waals surface area contributed by atoms with Crippen molar-refractivity contribution < 1.29 is 14.7 Å². The molecule has 0 aromatic heterocycles. The second kappa shape index (κ2) is 5.90. The minimum Gasteiger partial charge on any atom is -0.481 e. The van der Waals surface area contributed by atoms with Crippen molar-refractivity contribution in [1.29, 1.82) is 0 Å². The number of carboxylic acid groups (broad SMARTS) is 1. The molecule has 0 saturated heterocycles. The molecular formula is C14H24N2O3. The summed E-state index contributed by atoms with van der Waals surface area (Å²) in [6, 6.07) is -0.718. The molecule has 2 bridgehead atoms. The average molecular weight is 268 g/mol. The van der Waals surface area contributed by atoms with Crippen LogP contribution in [0.5, 0.6) is 0 Å². The Labute approximate surface area is 113 Å². The lowest BCUT2D eigenvalue weighted by Crippen LogP contribution is -2.51. The number of fused-ring (bicyclic) bond motifs is 2. The van der Waals surface area contributed by atoms with Gasteiger partial charge in [-0.05, 0) is 37.5 Å². The standard InChI is InChI=1S/C14H24N2O3/c1-2-3-4-10(15)13(17)16-12-9-6-5-8(7-9)11(12)14(18)19/h8-12H,2-7,15H2,1H3,(H,16,17)(H,18,19)/t8?,9?,10-,11?,12?/m0/s1. The number of carbonyl (C=O) groups excluding carboxylic acids is 1. The third kappa shape index (κ3) is 2.91. The summed E-state index contributed by atoms with van der Waals surface area (Å²) in [5.74, 6) is -0.814. The molecule has 19 heavy (non-hydrogen) atoms. The van der Waals surface area contributed by atoms with Crippen LogP contribution in [0.2, 0.25) is 0 Å². The third-order valence-corrected chi connectivity index (χ3v) is 4.72. The topological polar surface area (TPSA) is 92.4 Å². The van der Waals surface area contributed by atoms with Crippen molar-refractivity contribution in [3.63, 3.8) is 0 Å². The highest BCUT2D eigenvalue weighted by Gasteiger charge is 2.51. The van der Waals surface area contributed by atoms with Gasteiger partial charge in [-0.3, -0.25) is 9.59 Å². The summed E-state index contributed by atoms with van der Waals surface area (Å²) < 4.78 is 0. The number of hydrogen-bond donors (Lipinski definition) is 3. The smallest absolute Gasteiger partial charge is 0.308 e. The van der Waals surface area contributed by atoms with Crippen molar-refractivity contribution in [3.05, 3.63) is 0 Å². The molecule has 0 aromatic rings. The van der Waals surface area contributed by atoms with E-state index >= 15 is 0 Å². The Hall–Kier alpha value is -1.10. The molecule has 2 aliphatic rings. The summed E-state index contributed by atoms with van der Waals surface area (Å²) in [5.41, 5.74) is 5.84. The highest BCUT2D eigenvalue weighted by atomic mass is 16.4. The number of amides is 1. The quantitative estimate of drug-likeness (QED) is 0.673. The van der Waals surface area contributed by atoms with Crippen LogP contribution in [-0.4, -0.2) is 29.1 Å². The SMILES string of the molecule is CCCC[C@H](N)C(=O)NC1C2CCC(C2)C1C(=O)O. The largest absolute Gasteiger partial charge is 0.481 e. The summed E-state index contributed by atoms with van der Waals surface area (Å²) in [4.78, 5) is 23.4. The van der Waals surface area contributed by atoms with Gasteiger partial charge >= 0.3 is 5.97 Å². The van der Waals surface area contributed by atoms with Gasteiger partial charge in [-0.15, -0.1) is 0 Å². The van der Waals surface area contributed by atoms with Gasteiger partial charge in [0.25, 0.3) is 0 Å². The van der Waals surface area contributed by atoms with Crippen LogP contribution < -0.4 is 11.1 Å². The molecule has 5 atom stereocenters. The number of carbonyl (C=O) groups is 2. The first-order chi connectivity index (χ1) is 9.04. The molecule has 108 valence electrons. The number of aliphatic carboxylic acids is 1. The van der Waals surface area contributed by atoms with Crippen LogP contribution >= 0.6 is 0 Å². The van der Waals surface area contributed by atoms with Gasteiger partial charge in [0.1, 0.15) is 0 Å². The molecular weight excluding hydrogens is 244 g/mol. The molecule has 4 N–H and O–H groups in total. The normalized spacial score (nSPS) is 34.2. The van der Waals surface area contributed by atoms with Crippen molar-refractivity contribution >= 4 is 11.9 Å². The molecule has 4 unspecified atom stereocenters. The minimum atomic E-state index is -0.778. The van der Waals surface area contributed by atoms with E-state index in [2.05, 4.69) is 12.2 Å². The van der Waals surface area contributed by atoms with Crippen LogP contribution in [0.1, 0.15) is 45.4 Å². The molecule has 2 fully saturated rings. The third-order valence-electron chi connectivity index (χ3n) is 4.72. The van der Waals surface area contributed by atoms with Crippen molar-refractivity contribution in [2.45, 2.75) is 57.5 Å². The van der Waals surface area contributed by atoms with Crippen molar-refractivity contribution in [2.75, 3.05) is 0 Å². The molecule has 0 radical (unpaired) electrons. The van der Waals surface area contributed by atoms with E-state index in [-0.39, 0.29) is 17.9 Å². The summed E-state index contributed by atoms with van der Waals surface area (Å²) in [7, 11) is 0. The van der Waals surface area contributed by atoms with Gasteiger partial charge in [0.05, 0.1) is 12.0 Å². The molecule has 5 heteroatoms. The predicted molar refractivity (Wildman–Crippen MR) is 71.4 cm³/mol. The van der Waals surface area contributed by atoms with E-state index in [0.717, 1.165) is 32.1 Å². The summed E-state index contributed by atoms with van der Waals surface area (Å²) >= 11 is 0. The van der Waals surface area contributed by atoms with Gasteiger partial charge in [-0.1, -0.05) is 19.8 Å². The predicted octanol–water partition coefficient (Wildman–Crippen LogP) is 1.12. The lowest BCUT2D eigenvalue weighted by Gasteiger charge is -2.29. The van der Waals surface area contributed by atoms with Crippen LogP contribution in [0.15, 0.2) is 0 Å². The Morgan fingerprint density at radius 3 is 2.68 bits per heavy atom. The molecule has 0 heterocycles. The first kappa shape index (κ1) is 14.3. The minimum absolute atomic E-state index is 0.183. The number of nitrogens with one attached hydrogen (secondary N) is 1. The van der Waals surface area contributed by atoms with E-state index in [1.807, 2.05) is 0 Å². The molecule has 0 aliphatic heterocycles. The maximum absolute atomic E-state index is 12.0. The van der Waals surface area contributed by atoms with Gasteiger partial charge < -0.3 is 16.2 Å². The monoisotopic (exact) mass is 268 g/mol. The highest BCUT2D eigenvalue weighted by molar-refractivity contribution is 5.83. The van der Waals surface area contributed by atoms with Crippen molar-refractivity contribution in [2.24, 2.45) is 23.5 Å². The highest BCUT2D eigenvalue weighted by Crippen LogP contribution is 2.48. The van der Waals surface area contributed by atoms with Crippen LogP contribution in [0.4, 0.5) is 0 Å². The Morgan fingerprint density at radius 1 is 1.37 bits per heavy atom. The zero-order chi connectivity index (χ0) is 14.0.